The Labute approximate surface area is 120 Å². The third-order valence-corrected chi connectivity index (χ3v) is 3.40. The Bertz CT molecular complexity index is 536. The fraction of sp³-hybridized carbons (Fsp3) is 0.438. The van der Waals surface area contributed by atoms with Crippen molar-refractivity contribution in [2.45, 2.75) is 45.9 Å². The van der Waals surface area contributed by atoms with E-state index in [9.17, 15) is 0 Å². The molecule has 0 aliphatic rings. The first-order chi connectivity index (χ1) is 9.76. The van der Waals surface area contributed by atoms with Crippen LogP contribution in [0.2, 0.25) is 0 Å². The van der Waals surface area contributed by atoms with Gasteiger partial charge in [0.1, 0.15) is 12.4 Å². The van der Waals surface area contributed by atoms with E-state index in [1.807, 2.05) is 36.8 Å². The maximum atomic E-state index is 6.12. The van der Waals surface area contributed by atoms with E-state index in [1.165, 1.54) is 0 Å². The minimum atomic E-state index is 0.0201. The lowest BCUT2D eigenvalue weighted by molar-refractivity contribution is 0.289. The molecule has 1 atom stereocenters. The van der Waals surface area contributed by atoms with Crippen molar-refractivity contribution in [1.82, 2.24) is 9.55 Å². The number of hydrogen-bond acceptors (Lipinski definition) is 3. The monoisotopic (exact) mass is 273 g/mol. The summed E-state index contributed by atoms with van der Waals surface area (Å²) >= 11 is 0. The van der Waals surface area contributed by atoms with Crippen LogP contribution in [0.15, 0.2) is 36.8 Å². The fourth-order valence-electron chi connectivity index (χ4n) is 2.20. The summed E-state index contributed by atoms with van der Waals surface area (Å²) < 4.78 is 8.08. The van der Waals surface area contributed by atoms with Gasteiger partial charge in [-0.05, 0) is 18.9 Å². The van der Waals surface area contributed by atoms with Crippen molar-refractivity contribution in [3.8, 4) is 5.75 Å². The van der Waals surface area contributed by atoms with Crippen LogP contribution in [0.3, 0.4) is 0 Å². The van der Waals surface area contributed by atoms with Gasteiger partial charge in [0.15, 0.2) is 0 Å². The van der Waals surface area contributed by atoms with Crippen LogP contribution in [0.25, 0.3) is 0 Å². The largest absolute Gasteiger partial charge is 0.487 e. The van der Waals surface area contributed by atoms with Gasteiger partial charge in [0.25, 0.3) is 0 Å². The number of nitrogens with zero attached hydrogens (tertiary/aromatic N) is 2. The second-order valence-electron chi connectivity index (χ2n) is 4.92. The average molecular weight is 273 g/mol. The number of hydrogen-bond donors (Lipinski definition) is 1. The van der Waals surface area contributed by atoms with Crippen LogP contribution in [0.4, 0.5) is 0 Å². The van der Waals surface area contributed by atoms with E-state index in [0.717, 1.165) is 36.4 Å². The number of para-hydroxylation sites is 1. The smallest absolute Gasteiger partial charge is 0.130 e. The molecule has 4 heteroatoms. The number of benzene rings is 1. The molecule has 1 aromatic carbocycles. The molecule has 0 aliphatic carbocycles. The molecule has 1 heterocycles. The minimum absolute atomic E-state index is 0.0201. The third-order valence-electron chi connectivity index (χ3n) is 3.40. The van der Waals surface area contributed by atoms with Crippen molar-refractivity contribution in [2.24, 2.45) is 5.73 Å². The standard InChI is InChI=1S/C16H23N3O/c1-3-9-19-12-18-10-13(19)11-20-16-8-6-5-7-14(16)15(17)4-2/h5-8,10,12,15H,3-4,9,11,17H2,1-2H3/t15-/m1/s1. The first-order valence-electron chi connectivity index (χ1n) is 7.22. The molecule has 0 radical (unpaired) electrons. The lowest BCUT2D eigenvalue weighted by atomic mass is 10.0. The zero-order valence-corrected chi connectivity index (χ0v) is 12.2. The molecule has 0 aliphatic heterocycles. The number of aryl methyl sites for hydroxylation is 1. The highest BCUT2D eigenvalue weighted by molar-refractivity contribution is 5.35. The molecule has 0 bridgehead atoms. The summed E-state index contributed by atoms with van der Waals surface area (Å²) in [6, 6.07) is 8.01. The van der Waals surface area contributed by atoms with Crippen molar-refractivity contribution in [1.29, 1.82) is 0 Å². The number of rotatable bonds is 7. The van der Waals surface area contributed by atoms with Crippen molar-refractivity contribution >= 4 is 0 Å². The Hall–Kier alpha value is -1.81. The molecule has 1 aromatic heterocycles. The van der Waals surface area contributed by atoms with Crippen LogP contribution in [-0.2, 0) is 13.2 Å². The van der Waals surface area contributed by atoms with E-state index in [2.05, 4.69) is 23.4 Å². The van der Waals surface area contributed by atoms with Crippen LogP contribution in [0.1, 0.15) is 44.0 Å². The molecular weight excluding hydrogens is 250 g/mol. The van der Waals surface area contributed by atoms with Gasteiger partial charge in [-0.15, -0.1) is 0 Å². The van der Waals surface area contributed by atoms with E-state index in [1.54, 1.807) is 0 Å². The molecule has 0 amide bonds. The van der Waals surface area contributed by atoms with Crippen LogP contribution in [0, 0.1) is 0 Å². The van der Waals surface area contributed by atoms with Crippen molar-refractivity contribution in [2.75, 3.05) is 0 Å². The Kier molecular flexibility index (Phi) is 5.18. The molecule has 4 nitrogen and oxygen atoms in total. The van der Waals surface area contributed by atoms with Gasteiger partial charge in [0, 0.05) is 18.2 Å². The van der Waals surface area contributed by atoms with Crippen LogP contribution in [0.5, 0.6) is 5.75 Å². The molecule has 0 saturated heterocycles. The molecule has 2 aromatic rings. The van der Waals surface area contributed by atoms with Gasteiger partial charge >= 0.3 is 0 Å². The molecule has 0 spiro atoms. The normalized spacial score (nSPS) is 12.3. The molecule has 108 valence electrons. The van der Waals surface area contributed by atoms with Crippen molar-refractivity contribution in [3.63, 3.8) is 0 Å². The van der Waals surface area contributed by atoms with Crippen molar-refractivity contribution < 1.29 is 4.74 Å². The van der Waals surface area contributed by atoms with Crippen LogP contribution in [-0.4, -0.2) is 9.55 Å². The van der Waals surface area contributed by atoms with E-state index in [4.69, 9.17) is 10.5 Å². The number of nitrogens with two attached hydrogens (primary N) is 1. The first kappa shape index (κ1) is 14.6. The third kappa shape index (κ3) is 3.39. The Morgan fingerprint density at radius 2 is 2.10 bits per heavy atom. The summed E-state index contributed by atoms with van der Waals surface area (Å²) in [5.74, 6) is 0.867. The maximum absolute atomic E-state index is 6.12. The first-order valence-corrected chi connectivity index (χ1v) is 7.22. The average Bonchev–Trinajstić information content (AvgIpc) is 2.92. The fourth-order valence-corrected chi connectivity index (χ4v) is 2.20. The van der Waals surface area contributed by atoms with E-state index < -0.39 is 0 Å². The molecule has 20 heavy (non-hydrogen) atoms. The zero-order valence-electron chi connectivity index (χ0n) is 12.2. The topological polar surface area (TPSA) is 53.1 Å². The number of imidazole rings is 1. The molecular formula is C16H23N3O. The second kappa shape index (κ2) is 7.10. The summed E-state index contributed by atoms with van der Waals surface area (Å²) in [6.07, 6.45) is 5.69. The molecule has 0 unspecified atom stereocenters. The Balaban J connectivity index is 2.09. The maximum Gasteiger partial charge on any atom is 0.130 e. The summed E-state index contributed by atoms with van der Waals surface area (Å²) in [7, 11) is 0. The van der Waals surface area contributed by atoms with Gasteiger partial charge in [-0.3, -0.25) is 0 Å². The lowest BCUT2D eigenvalue weighted by Crippen LogP contribution is -2.11. The highest BCUT2D eigenvalue weighted by Gasteiger charge is 2.10. The summed E-state index contributed by atoms with van der Waals surface area (Å²) in [5.41, 5.74) is 8.28. The SMILES string of the molecule is CCCn1cncc1COc1ccccc1[C@H](N)CC. The molecule has 2 N–H and O–H groups in total. The summed E-state index contributed by atoms with van der Waals surface area (Å²) in [5, 5.41) is 0. The quantitative estimate of drug-likeness (QED) is 0.842. The molecule has 0 fully saturated rings. The Morgan fingerprint density at radius 1 is 1.30 bits per heavy atom. The van der Waals surface area contributed by atoms with Gasteiger partial charge in [-0.25, -0.2) is 4.98 Å². The highest BCUT2D eigenvalue weighted by Crippen LogP contribution is 2.26. The predicted octanol–water partition coefficient (Wildman–Crippen LogP) is 3.28. The molecule has 0 saturated carbocycles. The van der Waals surface area contributed by atoms with Gasteiger partial charge in [0.05, 0.1) is 18.2 Å². The molecule has 2 rings (SSSR count). The van der Waals surface area contributed by atoms with E-state index in [-0.39, 0.29) is 6.04 Å². The van der Waals surface area contributed by atoms with Gasteiger partial charge in [-0.1, -0.05) is 32.0 Å². The van der Waals surface area contributed by atoms with Gasteiger partial charge in [-0.2, -0.15) is 0 Å². The predicted molar refractivity (Wildman–Crippen MR) is 80.5 cm³/mol. The zero-order chi connectivity index (χ0) is 14.4. The second-order valence-corrected chi connectivity index (χ2v) is 4.92. The Morgan fingerprint density at radius 3 is 2.85 bits per heavy atom. The van der Waals surface area contributed by atoms with Crippen molar-refractivity contribution in [3.05, 3.63) is 48.0 Å². The van der Waals surface area contributed by atoms with Crippen LogP contribution >= 0.6 is 0 Å². The van der Waals surface area contributed by atoms with E-state index >= 15 is 0 Å². The minimum Gasteiger partial charge on any atom is -0.487 e. The van der Waals surface area contributed by atoms with Gasteiger partial charge < -0.3 is 15.0 Å². The van der Waals surface area contributed by atoms with E-state index in [0.29, 0.717) is 6.61 Å². The van der Waals surface area contributed by atoms with Gasteiger partial charge in [0.2, 0.25) is 0 Å². The number of ether oxygens (including phenoxy) is 1. The highest BCUT2D eigenvalue weighted by atomic mass is 16.5. The summed E-state index contributed by atoms with van der Waals surface area (Å²) in [6.45, 7) is 5.72. The van der Waals surface area contributed by atoms with Crippen LogP contribution < -0.4 is 10.5 Å². The lowest BCUT2D eigenvalue weighted by Gasteiger charge is -2.16. The summed E-state index contributed by atoms with van der Waals surface area (Å²) in [4.78, 5) is 4.19. The number of aromatic nitrogens is 2.